The van der Waals surface area contributed by atoms with E-state index in [0.29, 0.717) is 6.42 Å². The van der Waals surface area contributed by atoms with Gasteiger partial charge in [-0.25, -0.2) is 0 Å². The molecule has 1 fully saturated rings. The quantitative estimate of drug-likeness (QED) is 0.302. The van der Waals surface area contributed by atoms with Crippen molar-refractivity contribution in [1.29, 1.82) is 0 Å². The van der Waals surface area contributed by atoms with Crippen molar-refractivity contribution < 1.29 is 9.22 Å². The fourth-order valence-electron chi connectivity index (χ4n) is 3.05. The number of amides is 1. The van der Waals surface area contributed by atoms with E-state index in [-0.39, 0.29) is 29.1 Å². The molecule has 0 aromatic heterocycles. The second-order valence-electron chi connectivity index (χ2n) is 8.57. The molecule has 3 nitrogen and oxygen atoms in total. The molecule has 2 rings (SSSR count). The minimum atomic E-state index is -1.92. The number of likely N-dealkylation sites (tertiary alicyclic amines) is 1. The molecular formula is C20H31NO2SSi. The topological polar surface area (TPSA) is 29.5 Å². The Bertz CT molecular complexity index is 639. The van der Waals surface area contributed by atoms with Crippen molar-refractivity contribution in [2.75, 3.05) is 0 Å². The van der Waals surface area contributed by atoms with E-state index in [2.05, 4.69) is 40.8 Å². The van der Waals surface area contributed by atoms with E-state index in [1.54, 1.807) is 0 Å². The fraction of sp³-hybridized carbons (Fsp3) is 0.600. The maximum Gasteiger partial charge on any atom is 0.226 e. The molecule has 0 saturated carbocycles. The van der Waals surface area contributed by atoms with Crippen molar-refractivity contribution in [2.24, 2.45) is 5.92 Å². The van der Waals surface area contributed by atoms with Crippen molar-refractivity contribution >= 4 is 31.3 Å². The van der Waals surface area contributed by atoms with Gasteiger partial charge in [-0.15, -0.1) is 0 Å². The Hall–Kier alpha value is -1.04. The van der Waals surface area contributed by atoms with Crippen LogP contribution in [0.4, 0.5) is 0 Å². The van der Waals surface area contributed by atoms with Gasteiger partial charge in [-0.1, -0.05) is 70.2 Å². The molecule has 1 saturated heterocycles. The first-order valence-electron chi connectivity index (χ1n) is 9.04. The van der Waals surface area contributed by atoms with Gasteiger partial charge >= 0.3 is 0 Å². The normalized spacial score (nSPS) is 20.8. The number of carbonyl (C=O) groups is 1. The highest BCUT2D eigenvalue weighted by molar-refractivity contribution is 7.80. The molecule has 1 amide bonds. The van der Waals surface area contributed by atoms with Crippen LogP contribution < -0.4 is 0 Å². The number of thiocarbonyl (C=S) groups is 1. The summed E-state index contributed by atoms with van der Waals surface area (Å²) >= 11 is 5.70. The molecule has 25 heavy (non-hydrogen) atoms. The molecule has 1 heterocycles. The largest absolute Gasteiger partial charge is 0.397 e. The predicted molar refractivity (Wildman–Crippen MR) is 110 cm³/mol. The molecule has 1 aromatic rings. The lowest BCUT2D eigenvalue weighted by molar-refractivity contribution is -0.161. The van der Waals surface area contributed by atoms with E-state index in [1.807, 2.05) is 42.2 Å². The summed E-state index contributed by atoms with van der Waals surface area (Å²) in [4.78, 5) is 15.1. The highest BCUT2D eigenvalue weighted by Gasteiger charge is 2.47. The monoisotopic (exact) mass is 377 g/mol. The van der Waals surface area contributed by atoms with Crippen molar-refractivity contribution in [3.8, 4) is 0 Å². The Morgan fingerprint density at radius 1 is 1.24 bits per heavy atom. The summed E-state index contributed by atoms with van der Waals surface area (Å²) in [5, 5.41) is 0.121. The summed E-state index contributed by atoms with van der Waals surface area (Å²) in [5.41, 5.74) is 1.07. The SMILES string of the molecule is C[C@@H](C(=S)c1ccccc1)C1CC(=O)N1[C@@H](C)O[Si](C)(C)C(C)(C)C. The summed E-state index contributed by atoms with van der Waals surface area (Å²) < 4.78 is 6.44. The minimum Gasteiger partial charge on any atom is -0.397 e. The number of rotatable bonds is 6. The number of benzene rings is 1. The standard InChI is InChI=1S/C20H31NO2SSi/c1-14(19(24)16-11-9-8-10-12-16)17-13-18(22)21(17)15(2)23-25(6,7)20(3,4)5/h8-12,14-15,17H,13H2,1-7H3/t14-,15-,17?/m1/s1. The third-order valence-electron chi connectivity index (χ3n) is 5.74. The number of β-lactam (4-membered cyclic amide) rings is 1. The maximum absolute atomic E-state index is 12.3. The third kappa shape index (κ3) is 4.21. The van der Waals surface area contributed by atoms with E-state index in [9.17, 15) is 4.79 Å². The number of nitrogens with zero attached hydrogens (tertiary/aromatic N) is 1. The zero-order valence-corrected chi connectivity index (χ0v) is 18.3. The first kappa shape index (κ1) is 20.3. The van der Waals surface area contributed by atoms with Crippen LogP contribution in [0.3, 0.4) is 0 Å². The van der Waals surface area contributed by atoms with E-state index >= 15 is 0 Å². The van der Waals surface area contributed by atoms with Crippen LogP contribution in [-0.4, -0.2) is 36.3 Å². The van der Waals surface area contributed by atoms with Crippen LogP contribution in [0.2, 0.25) is 18.1 Å². The summed E-state index contributed by atoms with van der Waals surface area (Å²) in [6.45, 7) is 15.2. The number of hydrogen-bond donors (Lipinski definition) is 0. The van der Waals surface area contributed by atoms with Crippen LogP contribution in [-0.2, 0) is 9.22 Å². The van der Waals surface area contributed by atoms with Gasteiger partial charge in [-0.05, 0) is 30.6 Å². The van der Waals surface area contributed by atoms with E-state index in [1.165, 1.54) is 0 Å². The molecule has 0 aliphatic carbocycles. The molecule has 5 heteroatoms. The summed E-state index contributed by atoms with van der Waals surface area (Å²) in [6.07, 6.45) is 0.354. The van der Waals surface area contributed by atoms with Gasteiger partial charge in [0.1, 0.15) is 6.23 Å². The Labute approximate surface area is 158 Å². The van der Waals surface area contributed by atoms with Crippen LogP contribution in [0.1, 0.15) is 46.6 Å². The van der Waals surface area contributed by atoms with Gasteiger partial charge < -0.3 is 9.33 Å². The van der Waals surface area contributed by atoms with E-state index < -0.39 is 8.32 Å². The van der Waals surface area contributed by atoms with Crippen molar-refractivity contribution in [3.63, 3.8) is 0 Å². The Kier molecular flexibility index (Phi) is 5.91. The molecule has 0 spiro atoms. The minimum absolute atomic E-state index is 0.121. The fourth-order valence-corrected chi connectivity index (χ4v) is 4.66. The molecule has 138 valence electrons. The lowest BCUT2D eigenvalue weighted by Crippen LogP contribution is -2.62. The molecule has 0 bridgehead atoms. The van der Waals surface area contributed by atoms with Crippen molar-refractivity contribution in [2.45, 2.75) is 71.4 Å². The zero-order valence-electron chi connectivity index (χ0n) is 16.5. The second-order valence-corrected chi connectivity index (χ2v) is 13.8. The summed E-state index contributed by atoms with van der Waals surface area (Å²) in [7, 11) is -1.92. The lowest BCUT2D eigenvalue weighted by atomic mass is 9.85. The molecule has 1 aliphatic rings. The van der Waals surface area contributed by atoms with Gasteiger partial charge in [0.25, 0.3) is 0 Å². The van der Waals surface area contributed by atoms with Gasteiger partial charge in [0.05, 0.1) is 6.04 Å². The van der Waals surface area contributed by atoms with Crippen LogP contribution >= 0.6 is 12.2 Å². The third-order valence-corrected chi connectivity index (χ3v) is 10.9. The molecule has 3 atom stereocenters. The molecule has 0 N–H and O–H groups in total. The van der Waals surface area contributed by atoms with Gasteiger partial charge in [0.2, 0.25) is 5.91 Å². The van der Waals surface area contributed by atoms with Gasteiger partial charge in [-0.3, -0.25) is 4.79 Å². The summed E-state index contributed by atoms with van der Waals surface area (Å²) in [5.74, 6) is 0.305. The predicted octanol–water partition coefficient (Wildman–Crippen LogP) is 5.01. The molecule has 1 unspecified atom stereocenters. The first-order chi connectivity index (χ1) is 11.5. The van der Waals surface area contributed by atoms with Gasteiger partial charge in [-0.2, -0.15) is 0 Å². The maximum atomic E-state index is 12.3. The highest BCUT2D eigenvalue weighted by atomic mass is 32.1. The van der Waals surface area contributed by atoms with Crippen LogP contribution in [0.25, 0.3) is 0 Å². The smallest absolute Gasteiger partial charge is 0.226 e. The Balaban J connectivity index is 2.11. The molecule has 1 aromatic carbocycles. The van der Waals surface area contributed by atoms with Gasteiger partial charge in [0.15, 0.2) is 8.32 Å². The number of carbonyl (C=O) groups excluding carboxylic acids is 1. The zero-order chi connectivity index (χ0) is 19.0. The molecule has 1 aliphatic heterocycles. The molecule has 0 radical (unpaired) electrons. The summed E-state index contributed by atoms with van der Waals surface area (Å²) in [6, 6.07) is 10.2. The Morgan fingerprint density at radius 3 is 2.28 bits per heavy atom. The van der Waals surface area contributed by atoms with Crippen LogP contribution in [0.15, 0.2) is 30.3 Å². The second kappa shape index (κ2) is 7.29. The highest BCUT2D eigenvalue weighted by Crippen LogP contribution is 2.39. The lowest BCUT2D eigenvalue weighted by Gasteiger charge is -2.50. The first-order valence-corrected chi connectivity index (χ1v) is 12.4. The average molecular weight is 378 g/mol. The van der Waals surface area contributed by atoms with Crippen molar-refractivity contribution in [3.05, 3.63) is 35.9 Å². The van der Waals surface area contributed by atoms with Gasteiger partial charge in [0, 0.05) is 17.2 Å². The Morgan fingerprint density at radius 2 is 1.80 bits per heavy atom. The molecular weight excluding hydrogens is 346 g/mol. The van der Waals surface area contributed by atoms with Crippen molar-refractivity contribution in [1.82, 2.24) is 4.90 Å². The van der Waals surface area contributed by atoms with E-state index in [0.717, 1.165) is 10.4 Å². The van der Waals surface area contributed by atoms with Crippen LogP contribution in [0.5, 0.6) is 0 Å². The van der Waals surface area contributed by atoms with E-state index in [4.69, 9.17) is 16.6 Å². The van der Waals surface area contributed by atoms with Crippen LogP contribution in [0, 0.1) is 5.92 Å². The average Bonchev–Trinajstić information content (AvgIpc) is 2.50. The number of hydrogen-bond acceptors (Lipinski definition) is 3.